The van der Waals surface area contributed by atoms with Gasteiger partial charge in [-0.2, -0.15) is 5.06 Å². The van der Waals surface area contributed by atoms with Crippen LogP contribution >= 0.6 is 0 Å². The number of Topliss-reactive ketones (excluding diaryl/α,β-unsaturated/α-hetero) is 1. The van der Waals surface area contributed by atoms with Crippen LogP contribution in [-0.2, 0) is 9.59 Å². The van der Waals surface area contributed by atoms with Crippen molar-refractivity contribution < 1.29 is 24.3 Å². The zero-order valence-electron chi connectivity index (χ0n) is 13.7. The number of benzene rings is 1. The summed E-state index contributed by atoms with van der Waals surface area (Å²) in [6.07, 6.45) is -0.221. The average molecular weight is 319 g/mol. The van der Waals surface area contributed by atoms with Crippen LogP contribution < -0.4 is 4.84 Å². The number of likely N-dealkylation sites (N-methyl/N-ethyl adjacent to an activating group) is 1. The molecule has 6 nitrogen and oxygen atoms in total. The van der Waals surface area contributed by atoms with Crippen LogP contribution in [0.3, 0.4) is 0 Å². The normalized spacial score (nSPS) is 18.4. The zero-order valence-corrected chi connectivity index (χ0v) is 13.7. The van der Waals surface area contributed by atoms with Gasteiger partial charge in [0.2, 0.25) is 0 Å². The maximum atomic E-state index is 12.4. The number of carboxylic acid groups (broad SMARTS) is 1. The van der Waals surface area contributed by atoms with E-state index in [-0.39, 0.29) is 29.9 Å². The molecule has 1 N–H and O–H groups in total. The van der Waals surface area contributed by atoms with Crippen molar-refractivity contribution in [1.29, 1.82) is 0 Å². The predicted octanol–water partition coefficient (Wildman–Crippen LogP) is 2.49. The largest absolute Gasteiger partial charge is 0.481 e. The number of ketones is 1. The van der Waals surface area contributed by atoms with Gasteiger partial charge in [-0.1, -0.05) is 20.8 Å². The quantitative estimate of drug-likeness (QED) is 0.843. The number of fused-ring (bicyclic) bond motifs is 1. The molecule has 1 amide bonds. The topological polar surface area (TPSA) is 83.9 Å². The maximum absolute atomic E-state index is 12.4. The first kappa shape index (κ1) is 17.0. The summed E-state index contributed by atoms with van der Waals surface area (Å²) >= 11 is 0. The number of nitrogens with zero attached hydrogens (tertiary/aromatic N) is 1. The second-order valence-corrected chi connectivity index (χ2v) is 6.26. The number of carbonyl (C=O) groups is 3. The molecule has 0 saturated heterocycles. The molecule has 1 aliphatic heterocycles. The van der Waals surface area contributed by atoms with Crippen LogP contribution in [0.5, 0.6) is 5.75 Å². The van der Waals surface area contributed by atoms with Crippen molar-refractivity contribution in [3.8, 4) is 5.75 Å². The number of rotatable bonds is 5. The van der Waals surface area contributed by atoms with Crippen LogP contribution in [0.4, 0.5) is 0 Å². The smallest absolute Gasteiger partial charge is 0.304 e. The SMILES string of the molecule is CC(CC(=O)O)C(=O)c1ccc2c(c1)C(C(C)C)C(=O)N(C)O2. The molecule has 1 aromatic rings. The number of hydrogen-bond acceptors (Lipinski definition) is 4. The molecule has 0 spiro atoms. The summed E-state index contributed by atoms with van der Waals surface area (Å²) in [5, 5.41) is 10.0. The molecule has 124 valence electrons. The van der Waals surface area contributed by atoms with E-state index in [1.807, 2.05) is 13.8 Å². The van der Waals surface area contributed by atoms with E-state index in [1.165, 1.54) is 5.06 Å². The van der Waals surface area contributed by atoms with E-state index in [2.05, 4.69) is 0 Å². The van der Waals surface area contributed by atoms with Gasteiger partial charge in [0.15, 0.2) is 11.5 Å². The molecule has 2 rings (SSSR count). The van der Waals surface area contributed by atoms with Gasteiger partial charge in [0, 0.05) is 24.1 Å². The third-order valence-corrected chi connectivity index (χ3v) is 4.04. The number of hydrogen-bond donors (Lipinski definition) is 1. The fourth-order valence-electron chi connectivity index (χ4n) is 2.83. The Balaban J connectivity index is 2.39. The van der Waals surface area contributed by atoms with E-state index >= 15 is 0 Å². The molecular formula is C17H21NO5. The molecule has 0 aromatic heterocycles. The Hall–Kier alpha value is -2.37. The lowest BCUT2D eigenvalue weighted by Gasteiger charge is -2.33. The van der Waals surface area contributed by atoms with Crippen molar-refractivity contribution in [3.63, 3.8) is 0 Å². The zero-order chi connectivity index (χ0) is 17.3. The molecule has 0 radical (unpaired) electrons. The molecule has 1 aromatic carbocycles. The fraction of sp³-hybridized carbons (Fsp3) is 0.471. The minimum Gasteiger partial charge on any atom is -0.481 e. The van der Waals surface area contributed by atoms with E-state index in [1.54, 1.807) is 32.2 Å². The van der Waals surface area contributed by atoms with Gasteiger partial charge in [0.25, 0.3) is 5.91 Å². The monoisotopic (exact) mass is 319 g/mol. The minimum atomic E-state index is -1.01. The summed E-state index contributed by atoms with van der Waals surface area (Å²) in [6, 6.07) is 4.93. The number of amides is 1. The van der Waals surface area contributed by atoms with E-state index in [0.29, 0.717) is 16.9 Å². The van der Waals surface area contributed by atoms with Crippen LogP contribution in [0.15, 0.2) is 18.2 Å². The van der Waals surface area contributed by atoms with Crippen LogP contribution in [0, 0.1) is 11.8 Å². The molecule has 0 fully saturated rings. The maximum Gasteiger partial charge on any atom is 0.304 e. The average Bonchev–Trinajstić information content (AvgIpc) is 2.46. The molecule has 0 saturated carbocycles. The summed E-state index contributed by atoms with van der Waals surface area (Å²) in [7, 11) is 1.56. The van der Waals surface area contributed by atoms with Crippen LogP contribution in [0.25, 0.3) is 0 Å². The second-order valence-electron chi connectivity index (χ2n) is 6.26. The van der Waals surface area contributed by atoms with E-state index in [4.69, 9.17) is 9.94 Å². The fourth-order valence-corrected chi connectivity index (χ4v) is 2.83. The van der Waals surface area contributed by atoms with Gasteiger partial charge in [0.1, 0.15) is 0 Å². The Bertz CT molecular complexity index is 652. The van der Waals surface area contributed by atoms with Crippen molar-refractivity contribution in [2.75, 3.05) is 7.05 Å². The summed E-state index contributed by atoms with van der Waals surface area (Å²) in [5.74, 6) is -1.82. The summed E-state index contributed by atoms with van der Waals surface area (Å²) < 4.78 is 0. The Labute approximate surface area is 135 Å². The van der Waals surface area contributed by atoms with E-state index < -0.39 is 11.9 Å². The number of carbonyl (C=O) groups excluding carboxylic acids is 2. The highest BCUT2D eigenvalue weighted by molar-refractivity contribution is 6.00. The van der Waals surface area contributed by atoms with Gasteiger partial charge in [-0.15, -0.1) is 0 Å². The summed E-state index contributed by atoms with van der Waals surface area (Å²) in [4.78, 5) is 41.0. The molecule has 2 atom stereocenters. The lowest BCUT2D eigenvalue weighted by molar-refractivity contribution is -0.159. The number of aliphatic carboxylic acids is 1. The Kier molecular flexibility index (Phi) is 4.73. The van der Waals surface area contributed by atoms with Gasteiger partial charge in [-0.25, -0.2) is 0 Å². The van der Waals surface area contributed by atoms with Crippen molar-refractivity contribution >= 4 is 17.7 Å². The molecular weight excluding hydrogens is 298 g/mol. The van der Waals surface area contributed by atoms with Gasteiger partial charge < -0.3 is 9.94 Å². The number of hydroxylamine groups is 2. The molecule has 0 aliphatic carbocycles. The van der Waals surface area contributed by atoms with Crippen molar-refractivity contribution in [1.82, 2.24) is 5.06 Å². The lowest BCUT2D eigenvalue weighted by Crippen LogP contribution is -2.40. The van der Waals surface area contributed by atoms with Gasteiger partial charge in [-0.05, 0) is 24.1 Å². The molecule has 6 heteroatoms. The molecule has 1 heterocycles. The first-order valence-corrected chi connectivity index (χ1v) is 7.57. The van der Waals surface area contributed by atoms with Crippen LogP contribution in [-0.4, -0.2) is 34.9 Å². The summed E-state index contributed by atoms with van der Waals surface area (Å²) in [5.41, 5.74) is 1.08. The predicted molar refractivity (Wildman–Crippen MR) is 83.2 cm³/mol. The van der Waals surface area contributed by atoms with Crippen LogP contribution in [0.1, 0.15) is 49.0 Å². The van der Waals surface area contributed by atoms with E-state index in [0.717, 1.165) is 0 Å². The Morgan fingerprint density at radius 3 is 2.52 bits per heavy atom. The van der Waals surface area contributed by atoms with Gasteiger partial charge >= 0.3 is 5.97 Å². The first-order chi connectivity index (χ1) is 10.7. The molecule has 0 bridgehead atoms. The van der Waals surface area contributed by atoms with Crippen molar-refractivity contribution in [2.24, 2.45) is 11.8 Å². The van der Waals surface area contributed by atoms with Crippen LogP contribution in [0.2, 0.25) is 0 Å². The third kappa shape index (κ3) is 3.36. The lowest BCUT2D eigenvalue weighted by atomic mass is 9.84. The highest BCUT2D eigenvalue weighted by atomic mass is 16.7. The molecule has 2 unspecified atom stereocenters. The summed E-state index contributed by atoms with van der Waals surface area (Å²) in [6.45, 7) is 5.46. The van der Waals surface area contributed by atoms with Crippen molar-refractivity contribution in [2.45, 2.75) is 33.1 Å². The first-order valence-electron chi connectivity index (χ1n) is 7.57. The standard InChI is InChI=1S/C17H21NO5/c1-9(2)15-12-8-11(16(21)10(3)7-14(19)20)5-6-13(12)23-18(4)17(15)22/h5-6,8-10,15H,7H2,1-4H3,(H,19,20). The highest BCUT2D eigenvalue weighted by Crippen LogP contribution is 2.38. The minimum absolute atomic E-state index is 0.0504. The Morgan fingerprint density at radius 1 is 1.30 bits per heavy atom. The highest BCUT2D eigenvalue weighted by Gasteiger charge is 2.36. The second kappa shape index (κ2) is 6.40. The van der Waals surface area contributed by atoms with Gasteiger partial charge in [0.05, 0.1) is 12.3 Å². The van der Waals surface area contributed by atoms with Gasteiger partial charge in [-0.3, -0.25) is 14.4 Å². The van der Waals surface area contributed by atoms with Crippen molar-refractivity contribution in [3.05, 3.63) is 29.3 Å². The molecule has 23 heavy (non-hydrogen) atoms. The third-order valence-electron chi connectivity index (χ3n) is 4.04. The Morgan fingerprint density at radius 2 is 1.96 bits per heavy atom. The number of carboxylic acids is 1. The molecule has 1 aliphatic rings. The van der Waals surface area contributed by atoms with E-state index in [9.17, 15) is 14.4 Å².